The van der Waals surface area contributed by atoms with E-state index >= 15 is 0 Å². The first kappa shape index (κ1) is 17.2. The number of aromatic nitrogens is 1. The second-order valence-corrected chi connectivity index (χ2v) is 6.22. The minimum absolute atomic E-state index is 0.0128. The number of ether oxygens (including phenoxy) is 1. The Bertz CT molecular complexity index is 560. The highest BCUT2D eigenvalue weighted by Crippen LogP contribution is 2.25. The number of esters is 1. The smallest absolute Gasteiger partial charge is 0.342 e. The normalized spacial score (nSPS) is 17.9. The van der Waals surface area contributed by atoms with Gasteiger partial charge in [0.05, 0.1) is 6.10 Å². The molecule has 0 aliphatic carbocycles. The van der Waals surface area contributed by atoms with Crippen molar-refractivity contribution in [2.45, 2.75) is 39.7 Å². The van der Waals surface area contributed by atoms with Gasteiger partial charge in [-0.15, -0.1) is 0 Å². The predicted octanol–water partition coefficient (Wildman–Crippen LogP) is 2.00. The van der Waals surface area contributed by atoms with Gasteiger partial charge < -0.3 is 15.0 Å². The number of hydrogen-bond donors (Lipinski definition) is 1. The Hall–Kier alpha value is -2.11. The Morgan fingerprint density at radius 2 is 2.26 bits per heavy atom. The third-order valence-electron chi connectivity index (χ3n) is 3.81. The highest BCUT2D eigenvalue weighted by Gasteiger charge is 2.25. The topological polar surface area (TPSA) is 71.5 Å². The van der Waals surface area contributed by atoms with E-state index in [4.69, 9.17) is 4.74 Å². The summed E-state index contributed by atoms with van der Waals surface area (Å²) in [7, 11) is 0. The van der Waals surface area contributed by atoms with Crippen molar-refractivity contribution in [2.24, 2.45) is 5.92 Å². The van der Waals surface area contributed by atoms with Crippen molar-refractivity contribution in [1.29, 1.82) is 0 Å². The van der Waals surface area contributed by atoms with Crippen molar-refractivity contribution >= 4 is 17.7 Å². The molecule has 6 heteroatoms. The van der Waals surface area contributed by atoms with Gasteiger partial charge in [-0.3, -0.25) is 4.79 Å². The maximum absolute atomic E-state index is 12.3. The van der Waals surface area contributed by atoms with Crippen LogP contribution in [0, 0.1) is 5.92 Å². The van der Waals surface area contributed by atoms with Crippen LogP contribution in [0.2, 0.25) is 0 Å². The van der Waals surface area contributed by atoms with Gasteiger partial charge >= 0.3 is 5.97 Å². The lowest BCUT2D eigenvalue weighted by atomic mass is 9.97. The van der Waals surface area contributed by atoms with Crippen LogP contribution in [0.5, 0.6) is 0 Å². The van der Waals surface area contributed by atoms with Crippen LogP contribution in [0.1, 0.15) is 44.0 Å². The number of pyridine rings is 1. The van der Waals surface area contributed by atoms with Gasteiger partial charge in [-0.1, -0.05) is 0 Å². The largest absolute Gasteiger partial charge is 0.459 e. The standard InChI is InChI=1S/C17H25N3O3/c1-12(2)23-17(22)15-7-4-8-18-16(15)20-9-5-6-14(11-20)10-19-13(3)21/h4,7-8,12,14H,5-6,9-11H2,1-3H3,(H,19,21). The maximum atomic E-state index is 12.3. The molecule has 126 valence electrons. The number of amides is 1. The minimum Gasteiger partial charge on any atom is -0.459 e. The van der Waals surface area contributed by atoms with Crippen molar-refractivity contribution in [3.05, 3.63) is 23.9 Å². The maximum Gasteiger partial charge on any atom is 0.342 e. The van der Waals surface area contributed by atoms with Gasteiger partial charge in [-0.05, 0) is 44.7 Å². The molecule has 1 fully saturated rings. The van der Waals surface area contributed by atoms with Crippen LogP contribution in [0.3, 0.4) is 0 Å². The molecule has 1 aromatic rings. The van der Waals surface area contributed by atoms with Crippen LogP contribution in [0.15, 0.2) is 18.3 Å². The molecule has 1 aliphatic rings. The first-order valence-electron chi connectivity index (χ1n) is 8.12. The summed E-state index contributed by atoms with van der Waals surface area (Å²) in [5.74, 6) is 0.683. The zero-order chi connectivity index (χ0) is 16.8. The highest BCUT2D eigenvalue weighted by molar-refractivity contribution is 5.94. The van der Waals surface area contributed by atoms with Gasteiger partial charge in [0.2, 0.25) is 5.91 Å². The minimum atomic E-state index is -0.341. The van der Waals surface area contributed by atoms with Gasteiger partial charge in [-0.25, -0.2) is 9.78 Å². The van der Waals surface area contributed by atoms with Gasteiger partial charge in [0.25, 0.3) is 0 Å². The molecule has 0 radical (unpaired) electrons. The molecule has 1 aromatic heterocycles. The average Bonchev–Trinajstić information content (AvgIpc) is 2.52. The first-order chi connectivity index (χ1) is 11.0. The Balaban J connectivity index is 2.11. The fraction of sp³-hybridized carbons (Fsp3) is 0.588. The molecule has 0 bridgehead atoms. The summed E-state index contributed by atoms with van der Waals surface area (Å²) in [5, 5.41) is 2.87. The number of carbonyl (C=O) groups is 2. The van der Waals surface area contributed by atoms with Crippen LogP contribution in [-0.4, -0.2) is 42.6 Å². The molecule has 2 rings (SSSR count). The zero-order valence-electron chi connectivity index (χ0n) is 14.0. The van der Waals surface area contributed by atoms with E-state index < -0.39 is 0 Å². The molecule has 1 N–H and O–H groups in total. The van der Waals surface area contributed by atoms with Gasteiger partial charge in [0.15, 0.2) is 0 Å². The summed E-state index contributed by atoms with van der Waals surface area (Å²) in [6.45, 7) is 7.48. The first-order valence-corrected chi connectivity index (χ1v) is 8.12. The number of hydrogen-bond acceptors (Lipinski definition) is 5. The molecule has 23 heavy (non-hydrogen) atoms. The number of rotatable bonds is 5. The molecule has 1 aliphatic heterocycles. The lowest BCUT2D eigenvalue weighted by molar-refractivity contribution is -0.119. The lowest BCUT2D eigenvalue weighted by Gasteiger charge is -2.34. The third-order valence-corrected chi connectivity index (χ3v) is 3.81. The highest BCUT2D eigenvalue weighted by atomic mass is 16.5. The molecule has 2 heterocycles. The van der Waals surface area contributed by atoms with E-state index in [1.165, 1.54) is 6.92 Å². The van der Waals surface area contributed by atoms with Gasteiger partial charge in [0, 0.05) is 32.8 Å². The van der Waals surface area contributed by atoms with Crippen LogP contribution < -0.4 is 10.2 Å². The van der Waals surface area contributed by atoms with Crippen molar-refractivity contribution in [2.75, 3.05) is 24.5 Å². The fourth-order valence-electron chi connectivity index (χ4n) is 2.80. The van der Waals surface area contributed by atoms with E-state index in [0.29, 0.717) is 23.8 Å². The monoisotopic (exact) mass is 319 g/mol. The number of nitrogens with one attached hydrogen (secondary N) is 1. The van der Waals surface area contributed by atoms with Crippen molar-refractivity contribution in [3.8, 4) is 0 Å². The van der Waals surface area contributed by atoms with Gasteiger partial charge in [0.1, 0.15) is 11.4 Å². The molecule has 1 unspecified atom stereocenters. The Morgan fingerprint density at radius 1 is 1.48 bits per heavy atom. The Morgan fingerprint density at radius 3 is 2.96 bits per heavy atom. The van der Waals surface area contributed by atoms with Crippen LogP contribution in [0.25, 0.3) is 0 Å². The Labute approximate surface area is 137 Å². The lowest BCUT2D eigenvalue weighted by Crippen LogP contribution is -2.41. The second kappa shape index (κ2) is 7.94. The summed E-state index contributed by atoms with van der Waals surface area (Å²) < 4.78 is 5.31. The molecule has 1 saturated heterocycles. The molecule has 6 nitrogen and oxygen atoms in total. The van der Waals surface area contributed by atoms with E-state index in [0.717, 1.165) is 25.9 Å². The molecule has 0 spiro atoms. The summed E-state index contributed by atoms with van der Waals surface area (Å²) in [4.78, 5) is 29.9. The van der Waals surface area contributed by atoms with E-state index in [-0.39, 0.29) is 18.0 Å². The van der Waals surface area contributed by atoms with Crippen LogP contribution in [-0.2, 0) is 9.53 Å². The van der Waals surface area contributed by atoms with E-state index in [2.05, 4.69) is 15.2 Å². The quantitative estimate of drug-likeness (QED) is 0.841. The summed E-state index contributed by atoms with van der Waals surface area (Å²) >= 11 is 0. The number of piperidine rings is 1. The zero-order valence-corrected chi connectivity index (χ0v) is 14.0. The molecule has 0 saturated carbocycles. The molecule has 0 aromatic carbocycles. The fourth-order valence-corrected chi connectivity index (χ4v) is 2.80. The number of anilines is 1. The molecular formula is C17H25N3O3. The van der Waals surface area contributed by atoms with Crippen molar-refractivity contribution in [1.82, 2.24) is 10.3 Å². The van der Waals surface area contributed by atoms with Crippen LogP contribution in [0.4, 0.5) is 5.82 Å². The average molecular weight is 319 g/mol. The second-order valence-electron chi connectivity index (χ2n) is 6.22. The van der Waals surface area contributed by atoms with E-state index in [9.17, 15) is 9.59 Å². The summed E-state index contributed by atoms with van der Waals surface area (Å²) in [6.07, 6.45) is 3.61. The van der Waals surface area contributed by atoms with Gasteiger partial charge in [-0.2, -0.15) is 0 Å². The number of carbonyl (C=O) groups excluding carboxylic acids is 2. The van der Waals surface area contributed by atoms with E-state index in [1.54, 1.807) is 18.3 Å². The SMILES string of the molecule is CC(=O)NCC1CCCN(c2ncccc2C(=O)OC(C)C)C1. The summed E-state index contributed by atoms with van der Waals surface area (Å²) in [5.41, 5.74) is 0.501. The van der Waals surface area contributed by atoms with Crippen molar-refractivity contribution < 1.29 is 14.3 Å². The Kier molecular flexibility index (Phi) is 5.96. The number of nitrogens with zero attached hydrogens (tertiary/aromatic N) is 2. The molecule has 1 atom stereocenters. The molecule has 1 amide bonds. The van der Waals surface area contributed by atoms with Crippen LogP contribution >= 0.6 is 0 Å². The predicted molar refractivity (Wildman–Crippen MR) is 88.4 cm³/mol. The molecular weight excluding hydrogens is 294 g/mol. The van der Waals surface area contributed by atoms with E-state index in [1.807, 2.05) is 13.8 Å². The van der Waals surface area contributed by atoms with Crippen molar-refractivity contribution in [3.63, 3.8) is 0 Å². The summed E-state index contributed by atoms with van der Waals surface area (Å²) in [6, 6.07) is 3.50. The third kappa shape index (κ3) is 4.94.